The van der Waals surface area contributed by atoms with Crippen molar-refractivity contribution in [1.82, 2.24) is 0 Å². The highest BCUT2D eigenvalue weighted by atomic mass is 16.5. The zero-order valence-corrected chi connectivity index (χ0v) is 11.1. The fourth-order valence-corrected chi connectivity index (χ4v) is 2.56. The molecule has 0 unspecified atom stereocenters. The van der Waals surface area contributed by atoms with Crippen LogP contribution in [0.25, 0.3) is 5.57 Å². The molecule has 0 radical (unpaired) electrons. The predicted octanol–water partition coefficient (Wildman–Crippen LogP) is 4.62. The first-order valence-electron chi connectivity index (χ1n) is 6.81. The van der Waals surface area contributed by atoms with Crippen molar-refractivity contribution in [3.05, 3.63) is 71.8 Å². The summed E-state index contributed by atoms with van der Waals surface area (Å²) in [7, 11) is 0. The van der Waals surface area contributed by atoms with Gasteiger partial charge in [0.2, 0.25) is 0 Å². The van der Waals surface area contributed by atoms with Gasteiger partial charge in [-0.15, -0.1) is 0 Å². The Labute approximate surface area is 114 Å². The second kappa shape index (κ2) is 5.31. The number of hydrogen-bond acceptors (Lipinski definition) is 1. The first-order chi connectivity index (χ1) is 9.33. The number of hydrogen-bond donors (Lipinski definition) is 0. The van der Waals surface area contributed by atoms with Crippen molar-refractivity contribution < 1.29 is 4.74 Å². The minimum atomic E-state index is 0.617. The molecule has 0 saturated carbocycles. The van der Waals surface area contributed by atoms with E-state index in [1.807, 2.05) is 18.2 Å². The molecule has 0 heterocycles. The van der Waals surface area contributed by atoms with Gasteiger partial charge in [0.1, 0.15) is 12.4 Å². The summed E-state index contributed by atoms with van der Waals surface area (Å²) in [5, 5.41) is 0. The second-order valence-electron chi connectivity index (χ2n) is 5.05. The van der Waals surface area contributed by atoms with Crippen molar-refractivity contribution in [1.29, 1.82) is 0 Å². The molecule has 0 spiro atoms. The summed E-state index contributed by atoms with van der Waals surface area (Å²) in [6.45, 7) is 4.78. The summed E-state index contributed by atoms with van der Waals surface area (Å²) >= 11 is 0. The van der Waals surface area contributed by atoms with E-state index < -0.39 is 0 Å². The molecule has 0 saturated heterocycles. The fourth-order valence-electron chi connectivity index (χ4n) is 2.56. The Morgan fingerprint density at radius 2 is 1.84 bits per heavy atom. The lowest BCUT2D eigenvalue weighted by molar-refractivity contribution is 0.306. The standard InChI is InChI=1S/C18H18O/c1-14-6-5-9-16-10-11-17(12-18(14)16)19-13-15-7-3-2-4-8-15/h2-4,7-8,10-12H,1,5-6,9,13H2. The van der Waals surface area contributed by atoms with E-state index in [4.69, 9.17) is 4.74 Å². The maximum absolute atomic E-state index is 5.87. The van der Waals surface area contributed by atoms with Crippen LogP contribution in [0.5, 0.6) is 5.75 Å². The Morgan fingerprint density at radius 3 is 2.68 bits per heavy atom. The van der Waals surface area contributed by atoms with Crippen LogP contribution in [0.4, 0.5) is 0 Å². The number of aryl methyl sites for hydroxylation is 1. The maximum Gasteiger partial charge on any atom is 0.120 e. The molecule has 0 aromatic heterocycles. The van der Waals surface area contributed by atoms with Crippen LogP contribution in [0.15, 0.2) is 55.1 Å². The summed E-state index contributed by atoms with van der Waals surface area (Å²) < 4.78 is 5.87. The van der Waals surface area contributed by atoms with E-state index in [0.717, 1.165) is 18.6 Å². The summed E-state index contributed by atoms with van der Waals surface area (Å²) in [5.74, 6) is 0.936. The van der Waals surface area contributed by atoms with Gasteiger partial charge in [0, 0.05) is 0 Å². The third-order valence-corrected chi connectivity index (χ3v) is 3.64. The Balaban J connectivity index is 1.75. The molecule has 1 aliphatic carbocycles. The molecular formula is C18H18O. The molecule has 0 amide bonds. The first kappa shape index (κ1) is 12.0. The van der Waals surface area contributed by atoms with Crippen LogP contribution in [-0.2, 0) is 13.0 Å². The first-order valence-corrected chi connectivity index (χ1v) is 6.81. The molecule has 1 heteroatoms. The molecule has 1 aliphatic rings. The Kier molecular flexibility index (Phi) is 3.37. The molecule has 3 rings (SSSR count). The second-order valence-corrected chi connectivity index (χ2v) is 5.05. The van der Waals surface area contributed by atoms with Crippen LogP contribution >= 0.6 is 0 Å². The van der Waals surface area contributed by atoms with E-state index in [-0.39, 0.29) is 0 Å². The molecule has 0 atom stereocenters. The maximum atomic E-state index is 5.87. The van der Waals surface area contributed by atoms with Crippen molar-refractivity contribution in [2.75, 3.05) is 0 Å². The van der Waals surface area contributed by atoms with E-state index in [1.54, 1.807) is 0 Å². The molecular weight excluding hydrogens is 232 g/mol. The highest BCUT2D eigenvalue weighted by Crippen LogP contribution is 2.32. The van der Waals surface area contributed by atoms with Gasteiger partial charge >= 0.3 is 0 Å². The van der Waals surface area contributed by atoms with Crippen molar-refractivity contribution in [3.63, 3.8) is 0 Å². The quantitative estimate of drug-likeness (QED) is 0.772. The lowest BCUT2D eigenvalue weighted by Gasteiger charge is -2.19. The van der Waals surface area contributed by atoms with Gasteiger partial charge in [-0.1, -0.05) is 43.0 Å². The number of allylic oxidation sites excluding steroid dienone is 1. The highest BCUT2D eigenvalue weighted by Gasteiger charge is 2.13. The van der Waals surface area contributed by atoms with Crippen molar-refractivity contribution >= 4 is 5.57 Å². The van der Waals surface area contributed by atoms with Gasteiger partial charge in [-0.25, -0.2) is 0 Å². The van der Waals surface area contributed by atoms with Gasteiger partial charge in [-0.2, -0.15) is 0 Å². The van der Waals surface area contributed by atoms with Crippen LogP contribution in [0.1, 0.15) is 29.5 Å². The van der Waals surface area contributed by atoms with Gasteiger partial charge in [0.25, 0.3) is 0 Å². The Hall–Kier alpha value is -2.02. The van der Waals surface area contributed by atoms with Crippen LogP contribution in [-0.4, -0.2) is 0 Å². The van der Waals surface area contributed by atoms with Gasteiger partial charge in [-0.05, 0) is 53.7 Å². The van der Waals surface area contributed by atoms with Gasteiger partial charge in [0.05, 0.1) is 0 Å². The van der Waals surface area contributed by atoms with Crippen LogP contribution in [0.2, 0.25) is 0 Å². The zero-order valence-electron chi connectivity index (χ0n) is 11.1. The molecule has 19 heavy (non-hydrogen) atoms. The lowest BCUT2D eigenvalue weighted by atomic mass is 9.88. The van der Waals surface area contributed by atoms with E-state index in [0.29, 0.717) is 6.61 Å². The number of benzene rings is 2. The SMILES string of the molecule is C=C1CCCc2ccc(OCc3ccccc3)cc21. The van der Waals surface area contributed by atoms with Crippen LogP contribution < -0.4 is 4.74 Å². The van der Waals surface area contributed by atoms with E-state index in [1.165, 1.54) is 28.7 Å². The summed E-state index contributed by atoms with van der Waals surface area (Å²) in [5.41, 5.74) is 5.13. The smallest absolute Gasteiger partial charge is 0.120 e. The van der Waals surface area contributed by atoms with E-state index >= 15 is 0 Å². The minimum Gasteiger partial charge on any atom is -0.489 e. The Bertz CT molecular complexity index is 584. The molecule has 96 valence electrons. The number of fused-ring (bicyclic) bond motifs is 1. The van der Waals surface area contributed by atoms with Gasteiger partial charge in [-0.3, -0.25) is 0 Å². The third kappa shape index (κ3) is 2.70. The zero-order chi connectivity index (χ0) is 13.1. The number of ether oxygens (including phenoxy) is 1. The normalized spacial score (nSPS) is 14.0. The molecule has 2 aromatic carbocycles. The molecule has 0 fully saturated rings. The average molecular weight is 250 g/mol. The van der Waals surface area contributed by atoms with E-state index in [2.05, 4.69) is 36.9 Å². The fraction of sp³-hybridized carbons (Fsp3) is 0.222. The molecule has 2 aromatic rings. The number of rotatable bonds is 3. The topological polar surface area (TPSA) is 9.23 Å². The van der Waals surface area contributed by atoms with Crippen molar-refractivity contribution in [3.8, 4) is 5.75 Å². The van der Waals surface area contributed by atoms with Crippen LogP contribution in [0.3, 0.4) is 0 Å². The van der Waals surface area contributed by atoms with E-state index in [9.17, 15) is 0 Å². The van der Waals surface area contributed by atoms with Crippen molar-refractivity contribution in [2.24, 2.45) is 0 Å². The summed E-state index contributed by atoms with van der Waals surface area (Å²) in [6.07, 6.45) is 3.48. The van der Waals surface area contributed by atoms with Gasteiger partial charge in [0.15, 0.2) is 0 Å². The third-order valence-electron chi connectivity index (χ3n) is 3.64. The Morgan fingerprint density at radius 1 is 1.00 bits per heavy atom. The van der Waals surface area contributed by atoms with Crippen LogP contribution in [0, 0.1) is 0 Å². The largest absolute Gasteiger partial charge is 0.489 e. The monoisotopic (exact) mass is 250 g/mol. The molecule has 0 aliphatic heterocycles. The summed E-state index contributed by atoms with van der Waals surface area (Å²) in [4.78, 5) is 0. The minimum absolute atomic E-state index is 0.617. The molecule has 0 bridgehead atoms. The lowest BCUT2D eigenvalue weighted by Crippen LogP contribution is -2.02. The van der Waals surface area contributed by atoms with Crippen molar-refractivity contribution in [2.45, 2.75) is 25.9 Å². The molecule has 0 N–H and O–H groups in total. The highest BCUT2D eigenvalue weighted by molar-refractivity contribution is 5.69. The summed E-state index contributed by atoms with van der Waals surface area (Å²) in [6, 6.07) is 16.6. The average Bonchev–Trinajstić information content (AvgIpc) is 2.47. The predicted molar refractivity (Wildman–Crippen MR) is 79.2 cm³/mol. The van der Waals surface area contributed by atoms with Gasteiger partial charge < -0.3 is 4.74 Å². The molecule has 1 nitrogen and oxygen atoms in total.